The molecule has 1 fully saturated rings. The van der Waals surface area contributed by atoms with Crippen LogP contribution in [-0.4, -0.2) is 54.2 Å². The predicted octanol–water partition coefficient (Wildman–Crippen LogP) is 1.82. The van der Waals surface area contributed by atoms with Crippen molar-refractivity contribution < 1.29 is 9.18 Å². The highest BCUT2D eigenvalue weighted by Gasteiger charge is 2.36. The van der Waals surface area contributed by atoms with E-state index in [0.29, 0.717) is 0 Å². The van der Waals surface area contributed by atoms with E-state index in [2.05, 4.69) is 15.5 Å². The maximum atomic E-state index is 13.1. The molecule has 3 aliphatic heterocycles. The Balaban J connectivity index is 1.45. The molecule has 1 saturated heterocycles. The third kappa shape index (κ3) is 3.84. The van der Waals surface area contributed by atoms with Crippen LogP contribution >= 0.6 is 0 Å². The van der Waals surface area contributed by atoms with Crippen molar-refractivity contribution in [3.8, 4) is 0 Å². The fourth-order valence-electron chi connectivity index (χ4n) is 3.97. The topological polar surface area (TPSA) is 73.6 Å². The van der Waals surface area contributed by atoms with Gasteiger partial charge in [0, 0.05) is 30.6 Å². The maximum Gasteiger partial charge on any atom is 0.323 e. The average molecular weight is 371 g/mol. The van der Waals surface area contributed by atoms with Crippen LogP contribution in [-0.2, 0) is 0 Å². The van der Waals surface area contributed by atoms with Crippen molar-refractivity contribution in [3.63, 3.8) is 0 Å². The molecule has 0 radical (unpaired) electrons. The third-order valence-corrected chi connectivity index (χ3v) is 5.46. The number of nitrogens with zero attached hydrogens (tertiary/aromatic N) is 2. The fraction of sp³-hybridized carbons (Fsp3) is 0.450. The second-order valence-electron chi connectivity index (χ2n) is 7.37. The minimum Gasteiger partial charge on any atom is -0.361 e. The molecular formula is C20H26FN5O. The Bertz CT molecular complexity index is 760. The number of unbranched alkanes of at least 4 members (excludes halogenated alkanes) is 1. The Morgan fingerprint density at radius 1 is 1.19 bits per heavy atom. The Hall–Kier alpha value is -2.38. The molecule has 3 heterocycles. The van der Waals surface area contributed by atoms with E-state index < -0.39 is 0 Å². The van der Waals surface area contributed by atoms with Crippen molar-refractivity contribution in [2.45, 2.75) is 31.5 Å². The molecule has 2 atom stereocenters. The quantitative estimate of drug-likeness (QED) is 0.667. The number of nitrogens with two attached hydrogens (primary N) is 1. The fourth-order valence-corrected chi connectivity index (χ4v) is 3.97. The normalized spacial score (nSPS) is 25.0. The summed E-state index contributed by atoms with van der Waals surface area (Å²) in [6.07, 6.45) is 6.88. The minimum atomic E-state index is -0.259. The van der Waals surface area contributed by atoms with Gasteiger partial charge in [-0.25, -0.2) is 9.18 Å². The van der Waals surface area contributed by atoms with Crippen molar-refractivity contribution >= 4 is 11.7 Å². The number of likely N-dealkylation sites (tertiary alicyclic amines) is 1. The molecule has 2 unspecified atom stereocenters. The molecule has 0 aliphatic carbocycles. The number of halogens is 1. The molecule has 2 amide bonds. The van der Waals surface area contributed by atoms with Crippen LogP contribution in [0, 0.1) is 5.82 Å². The number of carbonyl (C=O) groups is 1. The summed E-state index contributed by atoms with van der Waals surface area (Å²) in [5.74, 6) is -0.259. The highest BCUT2D eigenvalue weighted by Crippen LogP contribution is 2.28. The van der Waals surface area contributed by atoms with Crippen LogP contribution < -0.4 is 16.4 Å². The Labute approximate surface area is 158 Å². The van der Waals surface area contributed by atoms with Gasteiger partial charge in [0.25, 0.3) is 0 Å². The van der Waals surface area contributed by atoms with Crippen LogP contribution in [0.15, 0.2) is 42.1 Å². The molecule has 4 N–H and O–H groups in total. The van der Waals surface area contributed by atoms with Crippen molar-refractivity contribution in [3.05, 3.63) is 53.5 Å². The summed E-state index contributed by atoms with van der Waals surface area (Å²) in [6, 6.07) is 6.48. The van der Waals surface area contributed by atoms with Gasteiger partial charge in [-0.05, 0) is 56.1 Å². The van der Waals surface area contributed by atoms with E-state index >= 15 is 0 Å². The number of fused-ring (bicyclic) bond motifs is 1. The first-order valence-corrected chi connectivity index (χ1v) is 9.61. The van der Waals surface area contributed by atoms with E-state index in [-0.39, 0.29) is 24.1 Å². The van der Waals surface area contributed by atoms with Gasteiger partial charge in [-0.3, -0.25) is 4.90 Å². The molecule has 4 rings (SSSR count). The number of nitrogens with one attached hydrogen (secondary N) is 2. The lowest BCUT2D eigenvalue weighted by atomic mass is 10.1. The molecule has 0 saturated carbocycles. The average Bonchev–Trinajstić information content (AvgIpc) is 3.28. The number of benzene rings is 1. The number of rotatable bonds is 6. The van der Waals surface area contributed by atoms with Gasteiger partial charge < -0.3 is 21.3 Å². The first kappa shape index (κ1) is 18.0. The molecule has 0 aromatic heterocycles. The zero-order valence-corrected chi connectivity index (χ0v) is 15.3. The van der Waals surface area contributed by atoms with Crippen LogP contribution in [0.4, 0.5) is 9.18 Å². The first-order valence-electron chi connectivity index (χ1n) is 9.61. The van der Waals surface area contributed by atoms with Crippen LogP contribution in [0.2, 0.25) is 0 Å². The summed E-state index contributed by atoms with van der Waals surface area (Å²) in [7, 11) is 0. The van der Waals surface area contributed by atoms with Gasteiger partial charge in [0.2, 0.25) is 0 Å². The molecule has 144 valence electrons. The highest BCUT2D eigenvalue weighted by atomic mass is 19.1. The summed E-state index contributed by atoms with van der Waals surface area (Å²) in [6.45, 7) is 3.68. The van der Waals surface area contributed by atoms with Gasteiger partial charge in [-0.15, -0.1) is 0 Å². The van der Waals surface area contributed by atoms with Crippen LogP contribution in [0.3, 0.4) is 0 Å². The smallest absolute Gasteiger partial charge is 0.323 e. The van der Waals surface area contributed by atoms with Crippen molar-refractivity contribution in [1.82, 2.24) is 20.4 Å². The monoisotopic (exact) mass is 371 g/mol. The van der Waals surface area contributed by atoms with Crippen molar-refractivity contribution in [2.24, 2.45) is 5.73 Å². The van der Waals surface area contributed by atoms with Crippen molar-refractivity contribution in [2.75, 3.05) is 26.2 Å². The summed E-state index contributed by atoms with van der Waals surface area (Å²) in [5, 5.41) is 6.33. The van der Waals surface area contributed by atoms with Gasteiger partial charge in [0.05, 0.1) is 6.04 Å². The number of hydrogen-bond acceptors (Lipinski definition) is 4. The second-order valence-corrected chi connectivity index (χ2v) is 7.37. The van der Waals surface area contributed by atoms with E-state index in [1.165, 1.54) is 12.1 Å². The van der Waals surface area contributed by atoms with Gasteiger partial charge in [0.1, 0.15) is 12.0 Å². The molecule has 7 heteroatoms. The Morgan fingerprint density at radius 3 is 2.78 bits per heavy atom. The Morgan fingerprint density at radius 2 is 2.00 bits per heavy atom. The molecular weight excluding hydrogens is 345 g/mol. The summed E-state index contributed by atoms with van der Waals surface area (Å²) in [4.78, 5) is 16.8. The number of amides is 2. The van der Waals surface area contributed by atoms with Crippen LogP contribution in [0.1, 0.15) is 24.8 Å². The number of urea groups is 1. The van der Waals surface area contributed by atoms with E-state index in [1.807, 2.05) is 17.2 Å². The molecule has 3 aliphatic rings. The first-order chi connectivity index (χ1) is 13.1. The minimum absolute atomic E-state index is 0.0705. The zero-order chi connectivity index (χ0) is 18.8. The summed E-state index contributed by atoms with van der Waals surface area (Å²) in [5.41, 5.74) is 8.39. The predicted molar refractivity (Wildman–Crippen MR) is 103 cm³/mol. The molecule has 1 aromatic rings. The van der Waals surface area contributed by atoms with E-state index in [0.717, 1.165) is 62.3 Å². The second kappa shape index (κ2) is 7.70. The molecule has 6 nitrogen and oxygen atoms in total. The van der Waals surface area contributed by atoms with Crippen molar-refractivity contribution in [1.29, 1.82) is 0 Å². The molecule has 27 heavy (non-hydrogen) atoms. The van der Waals surface area contributed by atoms with Gasteiger partial charge >= 0.3 is 6.03 Å². The van der Waals surface area contributed by atoms with Crippen LogP contribution in [0.5, 0.6) is 0 Å². The molecule has 1 aromatic carbocycles. The largest absolute Gasteiger partial charge is 0.361 e. The molecule has 0 bridgehead atoms. The van der Waals surface area contributed by atoms with Gasteiger partial charge in [-0.2, -0.15) is 0 Å². The summed E-state index contributed by atoms with van der Waals surface area (Å²) < 4.78 is 13.1. The zero-order valence-electron chi connectivity index (χ0n) is 15.3. The lowest BCUT2D eigenvalue weighted by molar-refractivity contribution is 0.189. The van der Waals surface area contributed by atoms with Gasteiger partial charge in [-0.1, -0.05) is 12.1 Å². The highest BCUT2D eigenvalue weighted by molar-refractivity contribution is 5.81. The maximum absolute atomic E-state index is 13.1. The Kier molecular flexibility index (Phi) is 5.13. The van der Waals surface area contributed by atoms with E-state index in [1.54, 1.807) is 12.1 Å². The van der Waals surface area contributed by atoms with E-state index in [4.69, 9.17) is 5.73 Å². The third-order valence-electron chi connectivity index (χ3n) is 5.46. The lowest BCUT2D eigenvalue weighted by Gasteiger charge is -2.33. The SMILES string of the molecule is NCCCCN1CCC(N2C=C3C=C(c4ccc(F)cc4)NC3NC2=O)C1. The lowest BCUT2D eigenvalue weighted by Crippen LogP contribution is -2.54. The number of carbonyl (C=O) groups excluding carboxylic acids is 1. The summed E-state index contributed by atoms with van der Waals surface area (Å²) >= 11 is 0. The van der Waals surface area contributed by atoms with Crippen LogP contribution in [0.25, 0.3) is 5.70 Å². The number of hydrogen-bond donors (Lipinski definition) is 3. The standard InChI is InChI=1S/C20H26FN5O/c21-16-5-3-14(4-6-16)18-11-15-12-26(20(27)24-19(15)23-18)17-7-10-25(13-17)9-2-1-8-22/h3-6,11-12,17,19,23H,1-2,7-10,13,22H2,(H,24,27). The van der Waals surface area contributed by atoms with E-state index in [9.17, 15) is 9.18 Å². The molecule has 0 spiro atoms. The van der Waals surface area contributed by atoms with Gasteiger partial charge in [0.15, 0.2) is 0 Å².